The second kappa shape index (κ2) is 8.81. The van der Waals surface area contributed by atoms with Crippen LogP contribution in [0.1, 0.15) is 0 Å². The third-order valence-electron chi connectivity index (χ3n) is 3.25. The van der Waals surface area contributed by atoms with Gasteiger partial charge in [0, 0.05) is 11.8 Å². The Kier molecular flexibility index (Phi) is 6.50. The number of ether oxygens (including phenoxy) is 2. The minimum absolute atomic E-state index is 0.152. The number of amides is 2. The molecular formula is C16H15N3O8S. The number of nitrogens with zero attached hydrogens (tertiary/aromatic N) is 1. The maximum absolute atomic E-state index is 11.9. The van der Waals surface area contributed by atoms with E-state index in [9.17, 15) is 28.1 Å². The third-order valence-corrected chi connectivity index (χ3v) is 4.58. The zero-order valence-corrected chi connectivity index (χ0v) is 15.3. The number of nitro groups is 1. The highest BCUT2D eigenvalue weighted by Crippen LogP contribution is 2.19. The third kappa shape index (κ3) is 5.67. The Bertz CT molecular complexity index is 989. The number of rotatable bonds is 7. The van der Waals surface area contributed by atoms with Crippen molar-refractivity contribution in [1.29, 1.82) is 0 Å². The topological polar surface area (TPSA) is 154 Å². The number of methoxy groups -OCH3 is 1. The summed E-state index contributed by atoms with van der Waals surface area (Å²) in [6.07, 6.45) is -1.13. The van der Waals surface area contributed by atoms with Crippen LogP contribution in [0.4, 0.5) is 16.2 Å². The number of carbonyl (C=O) groups is 2. The van der Waals surface area contributed by atoms with Gasteiger partial charge in [0.1, 0.15) is 5.75 Å². The molecule has 148 valence electrons. The predicted octanol–water partition coefficient (Wildman–Crippen LogP) is 1.66. The van der Waals surface area contributed by atoms with Crippen molar-refractivity contribution in [2.24, 2.45) is 0 Å². The molecule has 0 aromatic heterocycles. The number of nitrogens with one attached hydrogen (secondary N) is 2. The summed E-state index contributed by atoms with van der Waals surface area (Å²) in [5.74, 6) is -0.408. The minimum Gasteiger partial charge on any atom is -0.484 e. The van der Waals surface area contributed by atoms with Crippen LogP contribution in [0.15, 0.2) is 53.4 Å². The monoisotopic (exact) mass is 409 g/mol. The zero-order chi connectivity index (χ0) is 20.7. The van der Waals surface area contributed by atoms with Gasteiger partial charge in [0.2, 0.25) is 0 Å². The number of sulfonamides is 1. The number of anilines is 1. The molecule has 0 aliphatic heterocycles. The van der Waals surface area contributed by atoms with E-state index in [2.05, 4.69) is 10.1 Å². The number of benzene rings is 2. The first-order valence-corrected chi connectivity index (χ1v) is 9.07. The molecule has 0 atom stereocenters. The summed E-state index contributed by atoms with van der Waals surface area (Å²) in [5.41, 5.74) is 0.111. The van der Waals surface area contributed by atoms with Crippen LogP contribution in [-0.2, 0) is 19.6 Å². The molecule has 0 aliphatic carbocycles. The Labute approximate surface area is 159 Å². The molecule has 0 saturated heterocycles. The van der Waals surface area contributed by atoms with Crippen LogP contribution >= 0.6 is 0 Å². The van der Waals surface area contributed by atoms with Crippen LogP contribution < -0.4 is 14.8 Å². The van der Waals surface area contributed by atoms with E-state index in [4.69, 9.17) is 4.74 Å². The molecule has 0 heterocycles. The lowest BCUT2D eigenvalue weighted by atomic mass is 10.3. The Morgan fingerprint density at radius 2 is 1.82 bits per heavy atom. The van der Waals surface area contributed by atoms with Gasteiger partial charge >= 0.3 is 6.09 Å². The smallest absolute Gasteiger partial charge is 0.420 e. The molecule has 2 amide bonds. The Morgan fingerprint density at radius 1 is 1.14 bits per heavy atom. The summed E-state index contributed by atoms with van der Waals surface area (Å²) < 4.78 is 34.9. The van der Waals surface area contributed by atoms with Crippen LogP contribution in [0.3, 0.4) is 0 Å². The number of carbonyl (C=O) groups excluding carboxylic acids is 2. The van der Waals surface area contributed by atoms with E-state index in [1.54, 1.807) is 4.72 Å². The van der Waals surface area contributed by atoms with Gasteiger partial charge in [-0.2, -0.15) is 0 Å². The van der Waals surface area contributed by atoms with Gasteiger partial charge in [-0.15, -0.1) is 0 Å². The minimum atomic E-state index is -4.09. The number of hydrogen-bond acceptors (Lipinski definition) is 8. The molecule has 2 rings (SSSR count). The van der Waals surface area contributed by atoms with Gasteiger partial charge in [-0.05, 0) is 30.3 Å². The first kappa shape index (κ1) is 20.6. The molecule has 28 heavy (non-hydrogen) atoms. The number of non-ortho nitro benzene ring substituents is 1. The normalized spacial score (nSPS) is 10.6. The van der Waals surface area contributed by atoms with E-state index in [-0.39, 0.29) is 22.0 Å². The molecule has 2 aromatic rings. The summed E-state index contributed by atoms with van der Waals surface area (Å²) in [6.45, 7) is -0.412. The first-order valence-electron chi connectivity index (χ1n) is 7.59. The Hall–Kier alpha value is -3.67. The van der Waals surface area contributed by atoms with Crippen molar-refractivity contribution in [3.8, 4) is 5.75 Å². The molecule has 12 heteroatoms. The van der Waals surface area contributed by atoms with E-state index in [0.717, 1.165) is 7.11 Å². The van der Waals surface area contributed by atoms with Crippen molar-refractivity contribution < 1.29 is 32.4 Å². The van der Waals surface area contributed by atoms with Crippen molar-refractivity contribution >= 4 is 33.4 Å². The van der Waals surface area contributed by atoms with Crippen LogP contribution in [0, 0.1) is 10.1 Å². The van der Waals surface area contributed by atoms with Crippen LogP contribution in [0.25, 0.3) is 0 Å². The van der Waals surface area contributed by atoms with Crippen molar-refractivity contribution in [1.82, 2.24) is 4.72 Å². The average Bonchev–Trinajstić information content (AvgIpc) is 2.66. The average molecular weight is 409 g/mol. The van der Waals surface area contributed by atoms with Crippen molar-refractivity contribution in [2.45, 2.75) is 4.90 Å². The lowest BCUT2D eigenvalue weighted by molar-refractivity contribution is -0.384. The van der Waals surface area contributed by atoms with Gasteiger partial charge in [0.05, 0.1) is 23.0 Å². The lowest BCUT2D eigenvalue weighted by Gasteiger charge is -2.09. The molecule has 2 aromatic carbocycles. The summed E-state index contributed by atoms with van der Waals surface area (Å²) in [6, 6.07) is 10.4. The molecule has 2 N–H and O–H groups in total. The van der Waals surface area contributed by atoms with Crippen molar-refractivity contribution in [2.75, 3.05) is 19.0 Å². The second-order valence-electron chi connectivity index (χ2n) is 5.21. The van der Waals surface area contributed by atoms with E-state index >= 15 is 0 Å². The van der Waals surface area contributed by atoms with Crippen LogP contribution in [0.2, 0.25) is 0 Å². The molecule has 0 bridgehead atoms. The van der Waals surface area contributed by atoms with Gasteiger partial charge in [-0.1, -0.05) is 6.07 Å². The SMILES string of the molecule is COC(=O)NS(=O)(=O)c1ccc(NC(=O)COc2cccc([N+](=O)[O-])c2)cc1. The zero-order valence-electron chi connectivity index (χ0n) is 14.4. The lowest BCUT2D eigenvalue weighted by Crippen LogP contribution is -2.30. The maximum Gasteiger partial charge on any atom is 0.420 e. The standard InChI is InChI=1S/C16H15N3O8S/c1-26-16(21)18-28(24,25)14-7-5-11(6-8-14)17-15(20)10-27-13-4-2-3-12(9-13)19(22)23/h2-9H,10H2,1H3,(H,17,20)(H,18,21). The fourth-order valence-corrected chi connectivity index (χ4v) is 2.88. The summed E-state index contributed by atoms with van der Waals surface area (Å²) in [5, 5.41) is 13.2. The molecule has 0 unspecified atom stereocenters. The summed E-state index contributed by atoms with van der Waals surface area (Å²) >= 11 is 0. The number of hydrogen-bond donors (Lipinski definition) is 2. The van der Waals surface area contributed by atoms with Crippen molar-refractivity contribution in [3.05, 3.63) is 58.6 Å². The van der Waals surface area contributed by atoms with Gasteiger partial charge in [0.25, 0.3) is 21.6 Å². The molecule has 0 radical (unpaired) electrons. The van der Waals surface area contributed by atoms with E-state index in [1.807, 2.05) is 0 Å². The predicted molar refractivity (Wildman–Crippen MR) is 96.4 cm³/mol. The van der Waals surface area contributed by atoms with E-state index in [0.29, 0.717) is 0 Å². The Morgan fingerprint density at radius 3 is 2.43 bits per heavy atom. The summed E-state index contributed by atoms with van der Waals surface area (Å²) in [4.78, 5) is 32.9. The molecule has 11 nitrogen and oxygen atoms in total. The number of nitro benzene ring substituents is 1. The highest BCUT2D eigenvalue weighted by molar-refractivity contribution is 7.90. The van der Waals surface area contributed by atoms with Crippen LogP contribution in [0.5, 0.6) is 5.75 Å². The van der Waals surface area contributed by atoms with E-state index in [1.165, 1.54) is 48.5 Å². The van der Waals surface area contributed by atoms with E-state index < -0.39 is 33.6 Å². The van der Waals surface area contributed by atoms with Gasteiger partial charge in [-0.25, -0.2) is 17.9 Å². The first-order chi connectivity index (χ1) is 13.2. The molecule has 0 aliphatic rings. The maximum atomic E-state index is 11.9. The summed E-state index contributed by atoms with van der Waals surface area (Å²) in [7, 11) is -3.06. The molecular weight excluding hydrogens is 394 g/mol. The van der Waals surface area contributed by atoms with Crippen LogP contribution in [-0.4, -0.2) is 39.1 Å². The highest BCUT2D eigenvalue weighted by atomic mass is 32.2. The van der Waals surface area contributed by atoms with Gasteiger partial charge < -0.3 is 14.8 Å². The molecule has 0 fully saturated rings. The largest absolute Gasteiger partial charge is 0.484 e. The highest BCUT2D eigenvalue weighted by Gasteiger charge is 2.18. The molecule has 0 saturated carbocycles. The Balaban J connectivity index is 1.95. The molecule has 0 spiro atoms. The van der Waals surface area contributed by atoms with Gasteiger partial charge in [-0.3, -0.25) is 14.9 Å². The fraction of sp³-hybridized carbons (Fsp3) is 0.125. The fourth-order valence-electron chi connectivity index (χ4n) is 1.96. The quantitative estimate of drug-likeness (QED) is 0.517. The second-order valence-corrected chi connectivity index (χ2v) is 6.90. The van der Waals surface area contributed by atoms with Gasteiger partial charge in [0.15, 0.2) is 6.61 Å². The van der Waals surface area contributed by atoms with Crippen molar-refractivity contribution in [3.63, 3.8) is 0 Å².